The normalized spacial score (nSPS) is 25.9. The smallest absolute Gasteiger partial charge is 0.124 e. The van der Waals surface area contributed by atoms with Crippen LogP contribution in [0.2, 0.25) is 0 Å². The van der Waals surface area contributed by atoms with Crippen molar-refractivity contribution in [3.63, 3.8) is 0 Å². The molecule has 4 nitrogen and oxygen atoms in total. The third kappa shape index (κ3) is 1.66. The van der Waals surface area contributed by atoms with Crippen LogP contribution in [0.1, 0.15) is 43.0 Å². The summed E-state index contributed by atoms with van der Waals surface area (Å²) in [5.74, 6) is 1.20. The van der Waals surface area contributed by atoms with E-state index in [2.05, 4.69) is 22.1 Å². The van der Waals surface area contributed by atoms with E-state index >= 15 is 0 Å². The Bertz CT molecular complexity index is 348. The molecule has 0 saturated carbocycles. The minimum atomic E-state index is 0.538. The third-order valence-electron chi connectivity index (χ3n) is 3.81. The third-order valence-corrected chi connectivity index (χ3v) is 3.81. The number of aromatic amines is 1. The molecule has 0 radical (unpaired) electrons. The number of imidazole rings is 1. The number of aromatic nitrogens is 2. The van der Waals surface area contributed by atoms with Gasteiger partial charge in [0.2, 0.25) is 0 Å². The second-order valence-electron chi connectivity index (χ2n) is 4.76. The predicted molar refractivity (Wildman–Crippen MR) is 63.2 cm³/mol. The molecule has 2 N–H and O–H groups in total. The number of hydrogen-bond donors (Lipinski definition) is 2. The lowest BCUT2D eigenvalue weighted by atomic mass is 10.2. The largest absolute Gasteiger partial charge is 0.343 e. The summed E-state index contributed by atoms with van der Waals surface area (Å²) in [5, 5.41) is 3.39. The minimum Gasteiger partial charge on any atom is -0.343 e. The number of H-pyrrole nitrogens is 1. The van der Waals surface area contributed by atoms with Crippen molar-refractivity contribution in [3.05, 3.63) is 17.2 Å². The van der Waals surface area contributed by atoms with E-state index in [1.165, 1.54) is 36.6 Å². The van der Waals surface area contributed by atoms with Crippen molar-refractivity contribution in [2.45, 2.75) is 38.8 Å². The molecule has 2 aliphatic rings. The number of rotatable bonds is 2. The Morgan fingerprint density at radius 3 is 3.25 bits per heavy atom. The number of hydrogen-bond acceptors (Lipinski definition) is 3. The van der Waals surface area contributed by atoms with E-state index in [0.29, 0.717) is 6.04 Å². The summed E-state index contributed by atoms with van der Waals surface area (Å²) < 4.78 is 0. The first-order valence-electron chi connectivity index (χ1n) is 6.41. The van der Waals surface area contributed by atoms with Gasteiger partial charge in [0.25, 0.3) is 0 Å². The van der Waals surface area contributed by atoms with Crippen LogP contribution in [0.4, 0.5) is 0 Å². The number of nitrogens with zero attached hydrogens (tertiary/aromatic N) is 2. The van der Waals surface area contributed by atoms with Crippen LogP contribution in [-0.4, -0.2) is 34.5 Å². The number of likely N-dealkylation sites (tertiary alicyclic amines) is 1. The summed E-state index contributed by atoms with van der Waals surface area (Å²) in [7, 11) is 0. The molecule has 0 amide bonds. The van der Waals surface area contributed by atoms with E-state index in [-0.39, 0.29) is 0 Å². The van der Waals surface area contributed by atoms with Crippen LogP contribution in [-0.2, 0) is 13.0 Å². The summed E-state index contributed by atoms with van der Waals surface area (Å²) in [5.41, 5.74) is 2.60. The van der Waals surface area contributed by atoms with Gasteiger partial charge < -0.3 is 10.3 Å². The highest BCUT2D eigenvalue weighted by molar-refractivity contribution is 5.19. The summed E-state index contributed by atoms with van der Waals surface area (Å²) in [4.78, 5) is 10.8. The topological polar surface area (TPSA) is 44.0 Å². The fraction of sp³-hybridized carbons (Fsp3) is 0.750. The molecule has 0 bridgehead atoms. The Labute approximate surface area is 96.4 Å². The highest BCUT2D eigenvalue weighted by Crippen LogP contribution is 2.30. The Balaban J connectivity index is 1.86. The monoisotopic (exact) mass is 220 g/mol. The lowest BCUT2D eigenvalue weighted by Crippen LogP contribution is -2.23. The quantitative estimate of drug-likeness (QED) is 0.787. The van der Waals surface area contributed by atoms with Crippen LogP contribution in [0, 0.1) is 0 Å². The van der Waals surface area contributed by atoms with Crippen molar-refractivity contribution in [1.29, 1.82) is 0 Å². The van der Waals surface area contributed by atoms with Gasteiger partial charge in [-0.15, -0.1) is 0 Å². The summed E-state index contributed by atoms with van der Waals surface area (Å²) in [6.07, 6.45) is 3.64. The van der Waals surface area contributed by atoms with Gasteiger partial charge in [0, 0.05) is 19.5 Å². The SMILES string of the molecule is CCN1CCCC1c1nc2c([nH]1)CNCC2. The minimum absolute atomic E-state index is 0.538. The molecule has 1 atom stereocenters. The first kappa shape index (κ1) is 10.3. The molecule has 16 heavy (non-hydrogen) atoms. The van der Waals surface area contributed by atoms with Gasteiger partial charge in [0.1, 0.15) is 5.82 Å². The zero-order chi connectivity index (χ0) is 11.0. The van der Waals surface area contributed by atoms with Gasteiger partial charge in [-0.2, -0.15) is 0 Å². The number of nitrogens with one attached hydrogen (secondary N) is 2. The maximum Gasteiger partial charge on any atom is 0.124 e. The maximum absolute atomic E-state index is 4.79. The fourth-order valence-corrected chi connectivity index (χ4v) is 2.91. The van der Waals surface area contributed by atoms with Gasteiger partial charge in [-0.05, 0) is 25.9 Å². The molecule has 1 unspecified atom stereocenters. The second-order valence-corrected chi connectivity index (χ2v) is 4.76. The van der Waals surface area contributed by atoms with Gasteiger partial charge in [0.15, 0.2) is 0 Å². The van der Waals surface area contributed by atoms with Crippen molar-refractivity contribution < 1.29 is 0 Å². The lowest BCUT2D eigenvalue weighted by Gasteiger charge is -2.20. The van der Waals surface area contributed by atoms with Crippen LogP contribution in [0.5, 0.6) is 0 Å². The molecule has 3 heterocycles. The Hall–Kier alpha value is -0.870. The molecule has 1 fully saturated rings. The average Bonchev–Trinajstić information content (AvgIpc) is 2.94. The van der Waals surface area contributed by atoms with Crippen molar-refractivity contribution in [2.75, 3.05) is 19.6 Å². The average molecular weight is 220 g/mol. The van der Waals surface area contributed by atoms with Crippen LogP contribution in [0.15, 0.2) is 0 Å². The van der Waals surface area contributed by atoms with Gasteiger partial charge >= 0.3 is 0 Å². The molecule has 0 aromatic carbocycles. The molecule has 1 aromatic heterocycles. The van der Waals surface area contributed by atoms with E-state index in [9.17, 15) is 0 Å². The molecular weight excluding hydrogens is 200 g/mol. The van der Waals surface area contributed by atoms with Crippen LogP contribution in [0.3, 0.4) is 0 Å². The van der Waals surface area contributed by atoms with Crippen molar-refractivity contribution in [2.24, 2.45) is 0 Å². The molecule has 0 spiro atoms. The Kier molecular flexibility index (Phi) is 2.69. The molecule has 1 aromatic rings. The van der Waals surface area contributed by atoms with Crippen molar-refractivity contribution in [1.82, 2.24) is 20.2 Å². The predicted octanol–water partition coefficient (Wildman–Crippen LogP) is 1.21. The molecule has 3 rings (SSSR count). The van der Waals surface area contributed by atoms with Crippen LogP contribution < -0.4 is 5.32 Å². The first-order chi connectivity index (χ1) is 7.88. The van der Waals surface area contributed by atoms with Gasteiger partial charge in [-0.25, -0.2) is 4.98 Å². The highest BCUT2D eigenvalue weighted by atomic mass is 15.2. The highest BCUT2D eigenvalue weighted by Gasteiger charge is 2.28. The fourth-order valence-electron chi connectivity index (χ4n) is 2.91. The Morgan fingerprint density at radius 1 is 1.50 bits per heavy atom. The van der Waals surface area contributed by atoms with Crippen LogP contribution >= 0.6 is 0 Å². The van der Waals surface area contributed by atoms with E-state index in [1.807, 2.05) is 0 Å². The molecular formula is C12H20N4. The first-order valence-corrected chi connectivity index (χ1v) is 6.41. The summed E-state index contributed by atoms with van der Waals surface area (Å²) >= 11 is 0. The van der Waals surface area contributed by atoms with Gasteiger partial charge in [-0.1, -0.05) is 6.92 Å². The van der Waals surface area contributed by atoms with E-state index < -0.39 is 0 Å². The maximum atomic E-state index is 4.79. The standard InChI is InChI=1S/C12H20N4/c1-2-16-7-3-4-11(16)12-14-9-5-6-13-8-10(9)15-12/h11,13H,2-8H2,1H3,(H,14,15). The summed E-state index contributed by atoms with van der Waals surface area (Å²) in [6.45, 7) is 6.63. The van der Waals surface area contributed by atoms with Gasteiger partial charge in [-0.3, -0.25) is 4.90 Å². The molecule has 1 saturated heterocycles. The van der Waals surface area contributed by atoms with Crippen LogP contribution in [0.25, 0.3) is 0 Å². The number of fused-ring (bicyclic) bond motifs is 1. The molecule has 0 aliphatic carbocycles. The zero-order valence-electron chi connectivity index (χ0n) is 9.92. The van der Waals surface area contributed by atoms with Crippen molar-refractivity contribution in [3.8, 4) is 0 Å². The molecule has 2 aliphatic heterocycles. The van der Waals surface area contributed by atoms with E-state index in [0.717, 1.165) is 26.1 Å². The summed E-state index contributed by atoms with van der Waals surface area (Å²) in [6, 6.07) is 0.538. The second kappa shape index (κ2) is 4.18. The van der Waals surface area contributed by atoms with Gasteiger partial charge in [0.05, 0.1) is 17.4 Å². The lowest BCUT2D eigenvalue weighted by molar-refractivity contribution is 0.263. The Morgan fingerprint density at radius 2 is 2.44 bits per heavy atom. The van der Waals surface area contributed by atoms with E-state index in [1.54, 1.807) is 0 Å². The zero-order valence-corrected chi connectivity index (χ0v) is 9.92. The van der Waals surface area contributed by atoms with Crippen molar-refractivity contribution >= 4 is 0 Å². The van der Waals surface area contributed by atoms with E-state index in [4.69, 9.17) is 4.98 Å². The molecule has 88 valence electrons. The molecule has 4 heteroatoms.